The molecule has 0 fully saturated rings. The number of nitrogens with one attached hydrogen (secondary N) is 1. The topological polar surface area (TPSA) is 58.6 Å². The molecule has 3 unspecified atom stereocenters. The molecular weight excluding hydrogens is 342 g/mol. The van der Waals surface area contributed by atoms with Crippen LogP contribution in [0.3, 0.4) is 0 Å². The molecule has 6 heteroatoms. The van der Waals surface area contributed by atoms with Gasteiger partial charge in [-0.05, 0) is 37.2 Å². The zero-order valence-corrected chi connectivity index (χ0v) is 14.2. The Hall–Kier alpha value is -0.430. The van der Waals surface area contributed by atoms with E-state index in [1.807, 2.05) is 31.2 Å². The van der Waals surface area contributed by atoms with E-state index in [2.05, 4.69) is 21.2 Å². The van der Waals surface area contributed by atoms with Crippen molar-refractivity contribution >= 4 is 26.7 Å². The SMILES string of the molecule is CC(CCNCC(O)COc1ccc(Br)cc1)S(C)=O. The minimum atomic E-state index is -0.786. The normalized spacial score (nSPS) is 15.6. The van der Waals surface area contributed by atoms with Gasteiger partial charge in [0.05, 0.1) is 0 Å². The first-order valence-electron chi connectivity index (χ1n) is 6.58. The van der Waals surface area contributed by atoms with Gasteiger partial charge in [0, 0.05) is 33.3 Å². The van der Waals surface area contributed by atoms with Gasteiger partial charge in [0.2, 0.25) is 0 Å². The lowest BCUT2D eigenvalue weighted by Gasteiger charge is -2.14. The van der Waals surface area contributed by atoms with Gasteiger partial charge in [-0.2, -0.15) is 0 Å². The Balaban J connectivity index is 2.13. The molecule has 0 aliphatic carbocycles. The summed E-state index contributed by atoms with van der Waals surface area (Å²) < 4.78 is 17.6. The van der Waals surface area contributed by atoms with E-state index in [-0.39, 0.29) is 11.9 Å². The quantitative estimate of drug-likeness (QED) is 0.658. The number of ether oxygens (including phenoxy) is 1. The first kappa shape index (κ1) is 17.6. The van der Waals surface area contributed by atoms with E-state index < -0.39 is 16.9 Å². The van der Waals surface area contributed by atoms with Crippen LogP contribution in [-0.2, 0) is 10.8 Å². The molecule has 0 aliphatic heterocycles. The van der Waals surface area contributed by atoms with Crippen molar-refractivity contribution in [3.05, 3.63) is 28.7 Å². The average Bonchev–Trinajstić information content (AvgIpc) is 2.42. The third kappa shape index (κ3) is 7.38. The van der Waals surface area contributed by atoms with Crippen LogP contribution >= 0.6 is 15.9 Å². The van der Waals surface area contributed by atoms with E-state index in [9.17, 15) is 9.32 Å². The van der Waals surface area contributed by atoms with E-state index in [0.717, 1.165) is 23.2 Å². The lowest BCUT2D eigenvalue weighted by Crippen LogP contribution is -2.33. The molecule has 0 aliphatic rings. The Morgan fingerprint density at radius 3 is 2.65 bits per heavy atom. The van der Waals surface area contributed by atoms with E-state index >= 15 is 0 Å². The summed E-state index contributed by atoms with van der Waals surface area (Å²) in [5, 5.41) is 13.1. The molecule has 114 valence electrons. The van der Waals surface area contributed by atoms with Crippen molar-refractivity contribution in [3.63, 3.8) is 0 Å². The van der Waals surface area contributed by atoms with Crippen LogP contribution in [0.2, 0.25) is 0 Å². The summed E-state index contributed by atoms with van der Waals surface area (Å²) in [5.41, 5.74) is 0. The molecule has 1 aromatic rings. The molecule has 0 saturated heterocycles. The van der Waals surface area contributed by atoms with Crippen LogP contribution in [0, 0.1) is 0 Å². The molecule has 2 N–H and O–H groups in total. The van der Waals surface area contributed by atoms with Crippen LogP contribution < -0.4 is 10.1 Å². The van der Waals surface area contributed by atoms with Gasteiger partial charge >= 0.3 is 0 Å². The maximum atomic E-state index is 11.2. The standard InChI is InChI=1S/C14H22BrNO3S/c1-11(20(2)18)7-8-16-9-13(17)10-19-14-5-3-12(15)4-6-14/h3-6,11,13,16-17H,7-10H2,1-2H3. The number of benzene rings is 1. The second kappa shape index (κ2) is 9.50. The fraction of sp³-hybridized carbons (Fsp3) is 0.571. The summed E-state index contributed by atoms with van der Waals surface area (Å²) in [4.78, 5) is 0. The van der Waals surface area contributed by atoms with E-state index in [4.69, 9.17) is 4.74 Å². The molecule has 3 atom stereocenters. The van der Waals surface area contributed by atoms with Crippen LogP contribution in [0.25, 0.3) is 0 Å². The molecule has 4 nitrogen and oxygen atoms in total. The second-order valence-electron chi connectivity index (χ2n) is 4.72. The lowest BCUT2D eigenvalue weighted by molar-refractivity contribution is 0.106. The summed E-state index contributed by atoms with van der Waals surface area (Å²) in [6, 6.07) is 7.49. The minimum Gasteiger partial charge on any atom is -0.491 e. The monoisotopic (exact) mass is 363 g/mol. The molecule has 0 radical (unpaired) electrons. The third-order valence-electron chi connectivity index (χ3n) is 2.93. The maximum Gasteiger partial charge on any atom is 0.119 e. The number of aliphatic hydroxyl groups is 1. The fourth-order valence-corrected chi connectivity index (χ4v) is 2.24. The highest BCUT2D eigenvalue weighted by Crippen LogP contribution is 2.16. The number of halogens is 1. The van der Waals surface area contributed by atoms with Crippen molar-refractivity contribution in [1.82, 2.24) is 5.32 Å². The summed E-state index contributed by atoms with van der Waals surface area (Å²) >= 11 is 3.35. The molecule has 0 bridgehead atoms. The summed E-state index contributed by atoms with van der Waals surface area (Å²) in [7, 11) is -0.786. The number of hydrogen-bond acceptors (Lipinski definition) is 4. The van der Waals surface area contributed by atoms with Gasteiger partial charge in [-0.15, -0.1) is 0 Å². The van der Waals surface area contributed by atoms with Crippen molar-refractivity contribution in [3.8, 4) is 5.75 Å². The van der Waals surface area contributed by atoms with E-state index in [0.29, 0.717) is 6.54 Å². The predicted octanol–water partition coefficient (Wildman–Crippen LogP) is 1.94. The van der Waals surface area contributed by atoms with Crippen molar-refractivity contribution in [2.45, 2.75) is 24.7 Å². The maximum absolute atomic E-state index is 11.2. The number of hydrogen-bond donors (Lipinski definition) is 2. The Morgan fingerprint density at radius 2 is 2.05 bits per heavy atom. The highest BCUT2D eigenvalue weighted by molar-refractivity contribution is 9.10. The minimum absolute atomic E-state index is 0.179. The Bertz CT molecular complexity index is 413. The van der Waals surface area contributed by atoms with Crippen LogP contribution in [0.15, 0.2) is 28.7 Å². The molecule has 20 heavy (non-hydrogen) atoms. The van der Waals surface area contributed by atoms with Gasteiger partial charge in [-0.25, -0.2) is 0 Å². The van der Waals surface area contributed by atoms with Gasteiger partial charge < -0.3 is 15.2 Å². The molecule has 0 aromatic heterocycles. The molecule has 1 aromatic carbocycles. The first-order valence-corrected chi connectivity index (χ1v) is 9.00. The van der Waals surface area contributed by atoms with Gasteiger partial charge in [0.15, 0.2) is 0 Å². The number of aliphatic hydroxyl groups excluding tert-OH is 1. The van der Waals surface area contributed by atoms with E-state index in [1.165, 1.54) is 0 Å². The highest BCUT2D eigenvalue weighted by atomic mass is 79.9. The summed E-state index contributed by atoms with van der Waals surface area (Å²) in [6.45, 7) is 3.43. The second-order valence-corrected chi connectivity index (χ2v) is 7.44. The van der Waals surface area contributed by atoms with Gasteiger partial charge in [-0.1, -0.05) is 22.9 Å². The van der Waals surface area contributed by atoms with Crippen molar-refractivity contribution in [1.29, 1.82) is 0 Å². The third-order valence-corrected chi connectivity index (χ3v) is 4.83. The van der Waals surface area contributed by atoms with Gasteiger partial charge in [-0.3, -0.25) is 4.21 Å². The molecule has 0 amide bonds. The van der Waals surface area contributed by atoms with Gasteiger partial charge in [0.1, 0.15) is 18.5 Å². The van der Waals surface area contributed by atoms with E-state index in [1.54, 1.807) is 6.26 Å². The highest BCUT2D eigenvalue weighted by Gasteiger charge is 2.07. The molecule has 1 rings (SSSR count). The zero-order chi connectivity index (χ0) is 15.0. The molecular formula is C14H22BrNO3S. The molecule has 0 heterocycles. The Labute approximate surface area is 131 Å². The largest absolute Gasteiger partial charge is 0.491 e. The smallest absolute Gasteiger partial charge is 0.119 e. The van der Waals surface area contributed by atoms with Crippen molar-refractivity contribution in [2.24, 2.45) is 0 Å². The predicted molar refractivity (Wildman–Crippen MR) is 86.7 cm³/mol. The van der Waals surface area contributed by atoms with Crippen LogP contribution in [0.5, 0.6) is 5.75 Å². The average molecular weight is 364 g/mol. The summed E-state index contributed by atoms with van der Waals surface area (Å²) in [5.74, 6) is 0.738. The number of rotatable bonds is 9. The van der Waals surface area contributed by atoms with Crippen molar-refractivity contribution in [2.75, 3.05) is 26.0 Å². The Morgan fingerprint density at radius 1 is 1.40 bits per heavy atom. The van der Waals surface area contributed by atoms with Crippen molar-refractivity contribution < 1.29 is 14.1 Å². The fourth-order valence-electron chi connectivity index (χ4n) is 1.52. The van der Waals surface area contributed by atoms with Crippen LogP contribution in [0.4, 0.5) is 0 Å². The first-order chi connectivity index (χ1) is 9.49. The van der Waals surface area contributed by atoms with Crippen LogP contribution in [-0.4, -0.2) is 46.6 Å². The van der Waals surface area contributed by atoms with Gasteiger partial charge in [0.25, 0.3) is 0 Å². The summed E-state index contributed by atoms with van der Waals surface area (Å²) in [6.07, 6.45) is 2.00. The lowest BCUT2D eigenvalue weighted by atomic mass is 10.3. The molecule has 0 saturated carbocycles. The van der Waals surface area contributed by atoms with Crippen LogP contribution in [0.1, 0.15) is 13.3 Å². The Kier molecular flexibility index (Phi) is 8.37. The zero-order valence-electron chi connectivity index (χ0n) is 11.8. The molecule has 0 spiro atoms.